The fourth-order valence-corrected chi connectivity index (χ4v) is 5.46. The lowest BCUT2D eigenvalue weighted by Gasteiger charge is -2.24. The normalized spacial score (nSPS) is 17.1. The number of halogens is 3. The standard InChI is InChI=1S/C23H16ClF2N5O4S/c24-14-4-1-12(2-5-14)10-31-18-7-15(16(25)8-19(18)36(33,34)11-17(27)23(31)32)22-30-29-21(35-22)13-3-6-20(26)28-9-13/h1-9,17H,10-11,27H2/t17-/m0/s1. The van der Waals surface area contributed by atoms with Crippen molar-refractivity contribution in [2.24, 2.45) is 5.73 Å². The molecule has 0 saturated heterocycles. The van der Waals surface area contributed by atoms with Gasteiger partial charge in [-0.05, 0) is 42.0 Å². The number of hydrogen-bond donors (Lipinski definition) is 1. The molecule has 4 aromatic rings. The molecule has 0 saturated carbocycles. The van der Waals surface area contributed by atoms with Crippen molar-refractivity contribution >= 4 is 33.0 Å². The van der Waals surface area contributed by atoms with Gasteiger partial charge in [0.1, 0.15) is 5.82 Å². The van der Waals surface area contributed by atoms with Crippen molar-refractivity contribution < 1.29 is 26.4 Å². The predicted octanol–water partition coefficient (Wildman–Crippen LogP) is 3.38. The third-order valence-electron chi connectivity index (χ3n) is 5.54. The molecule has 5 rings (SSSR count). The van der Waals surface area contributed by atoms with E-state index in [1.807, 2.05) is 0 Å². The number of nitrogens with two attached hydrogens (primary N) is 1. The highest BCUT2D eigenvalue weighted by molar-refractivity contribution is 7.91. The molecule has 36 heavy (non-hydrogen) atoms. The SMILES string of the molecule is N[C@H]1CS(=O)(=O)c2cc(F)c(-c3nnc(-c4ccc(F)nc4)o3)cc2N(Cc2ccc(Cl)cc2)C1=O. The molecule has 0 unspecified atom stereocenters. The van der Waals surface area contributed by atoms with Gasteiger partial charge in [0.2, 0.25) is 17.7 Å². The molecule has 184 valence electrons. The van der Waals surface area contributed by atoms with Crippen LogP contribution in [0.3, 0.4) is 0 Å². The molecule has 0 radical (unpaired) electrons. The van der Waals surface area contributed by atoms with Crippen LogP contribution in [0.4, 0.5) is 14.5 Å². The van der Waals surface area contributed by atoms with E-state index in [0.29, 0.717) is 16.1 Å². The Morgan fingerprint density at radius 1 is 1.08 bits per heavy atom. The number of sulfone groups is 1. The summed E-state index contributed by atoms with van der Waals surface area (Å²) in [5.41, 5.74) is 6.52. The number of aromatic nitrogens is 3. The Kier molecular flexibility index (Phi) is 6.02. The molecule has 3 heterocycles. The number of anilines is 1. The smallest absolute Gasteiger partial charge is 0.251 e. The molecular formula is C23H16ClF2N5O4S. The van der Waals surface area contributed by atoms with Gasteiger partial charge in [0, 0.05) is 11.2 Å². The van der Waals surface area contributed by atoms with Crippen molar-refractivity contribution in [2.75, 3.05) is 10.7 Å². The van der Waals surface area contributed by atoms with Crippen molar-refractivity contribution in [3.8, 4) is 22.9 Å². The van der Waals surface area contributed by atoms with Crippen LogP contribution in [-0.4, -0.2) is 41.3 Å². The molecule has 0 fully saturated rings. The maximum absolute atomic E-state index is 15.2. The van der Waals surface area contributed by atoms with Crippen LogP contribution in [0.5, 0.6) is 0 Å². The topological polar surface area (TPSA) is 132 Å². The monoisotopic (exact) mass is 531 g/mol. The molecule has 9 nitrogen and oxygen atoms in total. The highest BCUT2D eigenvalue weighted by Crippen LogP contribution is 2.37. The Morgan fingerprint density at radius 2 is 1.81 bits per heavy atom. The van der Waals surface area contributed by atoms with Gasteiger partial charge in [0.25, 0.3) is 5.89 Å². The summed E-state index contributed by atoms with van der Waals surface area (Å²) >= 11 is 5.94. The van der Waals surface area contributed by atoms with Crippen LogP contribution < -0.4 is 10.6 Å². The Hall–Kier alpha value is -3.74. The Balaban J connectivity index is 1.63. The third kappa shape index (κ3) is 4.45. The predicted molar refractivity (Wildman–Crippen MR) is 126 cm³/mol. The highest BCUT2D eigenvalue weighted by atomic mass is 35.5. The Bertz CT molecular complexity index is 1580. The molecule has 2 aromatic carbocycles. The lowest BCUT2D eigenvalue weighted by atomic mass is 10.1. The molecule has 2 N–H and O–H groups in total. The quantitative estimate of drug-likeness (QED) is 0.396. The third-order valence-corrected chi connectivity index (χ3v) is 7.59. The molecule has 1 aliphatic heterocycles. The number of fused-ring (bicyclic) bond motifs is 1. The Morgan fingerprint density at radius 3 is 2.50 bits per heavy atom. The zero-order valence-corrected chi connectivity index (χ0v) is 19.8. The van der Waals surface area contributed by atoms with Crippen LogP contribution in [0.15, 0.2) is 64.0 Å². The molecule has 1 amide bonds. The second-order valence-electron chi connectivity index (χ2n) is 8.02. The van der Waals surface area contributed by atoms with E-state index >= 15 is 4.39 Å². The maximum atomic E-state index is 15.2. The summed E-state index contributed by atoms with van der Waals surface area (Å²) < 4.78 is 59.8. The fraction of sp³-hybridized carbons (Fsp3) is 0.130. The van der Waals surface area contributed by atoms with E-state index in [4.69, 9.17) is 21.8 Å². The molecule has 0 spiro atoms. The molecule has 0 aliphatic carbocycles. The number of amides is 1. The molecule has 1 atom stereocenters. The minimum absolute atomic E-state index is 0.0480. The molecule has 0 bridgehead atoms. The van der Waals surface area contributed by atoms with Crippen LogP contribution in [-0.2, 0) is 21.2 Å². The van der Waals surface area contributed by atoms with Gasteiger partial charge >= 0.3 is 0 Å². The lowest BCUT2D eigenvalue weighted by molar-refractivity contribution is -0.119. The van der Waals surface area contributed by atoms with E-state index in [2.05, 4.69) is 15.2 Å². The summed E-state index contributed by atoms with van der Waals surface area (Å²) in [7, 11) is -4.11. The average Bonchev–Trinajstić information content (AvgIpc) is 3.31. The van der Waals surface area contributed by atoms with Crippen molar-refractivity contribution in [1.82, 2.24) is 15.2 Å². The zero-order valence-electron chi connectivity index (χ0n) is 18.2. The summed E-state index contributed by atoms with van der Waals surface area (Å²) in [5.74, 6) is -3.35. The minimum atomic E-state index is -4.11. The average molecular weight is 532 g/mol. The second kappa shape index (κ2) is 9.04. The first kappa shape index (κ1) is 24.0. The van der Waals surface area contributed by atoms with Crippen LogP contribution in [0.2, 0.25) is 5.02 Å². The molecule has 2 aromatic heterocycles. The molecule has 1 aliphatic rings. The van der Waals surface area contributed by atoms with Crippen LogP contribution >= 0.6 is 11.6 Å². The highest BCUT2D eigenvalue weighted by Gasteiger charge is 2.37. The summed E-state index contributed by atoms with van der Waals surface area (Å²) in [6.07, 6.45) is 1.17. The molecule has 13 heteroatoms. The van der Waals surface area contributed by atoms with Gasteiger partial charge in [0.05, 0.1) is 40.0 Å². The minimum Gasteiger partial charge on any atom is -0.416 e. The van der Waals surface area contributed by atoms with Gasteiger partial charge in [-0.1, -0.05) is 23.7 Å². The fourth-order valence-electron chi connectivity index (χ4n) is 3.77. The van der Waals surface area contributed by atoms with E-state index < -0.39 is 39.3 Å². The van der Waals surface area contributed by atoms with Gasteiger partial charge in [0.15, 0.2) is 9.84 Å². The van der Waals surface area contributed by atoms with E-state index in [0.717, 1.165) is 18.2 Å². The van der Waals surface area contributed by atoms with Crippen molar-refractivity contribution in [3.05, 3.63) is 77.1 Å². The van der Waals surface area contributed by atoms with E-state index in [1.165, 1.54) is 17.2 Å². The van der Waals surface area contributed by atoms with Crippen LogP contribution in [0.1, 0.15) is 5.56 Å². The van der Waals surface area contributed by atoms with E-state index in [-0.39, 0.29) is 34.5 Å². The van der Waals surface area contributed by atoms with E-state index in [1.54, 1.807) is 24.3 Å². The number of carbonyl (C=O) groups is 1. The first-order valence-electron chi connectivity index (χ1n) is 10.5. The van der Waals surface area contributed by atoms with Crippen LogP contribution in [0.25, 0.3) is 22.9 Å². The van der Waals surface area contributed by atoms with Crippen LogP contribution in [0, 0.1) is 11.8 Å². The number of hydrogen-bond acceptors (Lipinski definition) is 8. The van der Waals surface area contributed by atoms with Gasteiger partial charge in [-0.2, -0.15) is 4.39 Å². The Labute approximate surface area is 208 Å². The summed E-state index contributed by atoms with van der Waals surface area (Å²) in [4.78, 5) is 17.4. The second-order valence-corrected chi connectivity index (χ2v) is 10.5. The van der Waals surface area contributed by atoms with Crippen molar-refractivity contribution in [2.45, 2.75) is 17.5 Å². The summed E-state index contributed by atoms with van der Waals surface area (Å²) in [6, 6.07) is 9.65. The summed E-state index contributed by atoms with van der Waals surface area (Å²) in [6.45, 7) is -0.0480. The largest absolute Gasteiger partial charge is 0.416 e. The number of rotatable bonds is 4. The maximum Gasteiger partial charge on any atom is 0.251 e. The number of nitrogens with zero attached hydrogens (tertiary/aromatic N) is 4. The van der Waals surface area contributed by atoms with E-state index in [9.17, 15) is 17.6 Å². The molecular weight excluding hydrogens is 516 g/mol. The van der Waals surface area contributed by atoms with Gasteiger partial charge in [-0.3, -0.25) is 4.79 Å². The first-order valence-corrected chi connectivity index (χ1v) is 12.5. The number of carbonyl (C=O) groups excluding carboxylic acids is 1. The van der Waals surface area contributed by atoms with Gasteiger partial charge < -0.3 is 15.1 Å². The van der Waals surface area contributed by atoms with Crippen molar-refractivity contribution in [1.29, 1.82) is 0 Å². The number of pyridine rings is 1. The van der Waals surface area contributed by atoms with Crippen molar-refractivity contribution in [3.63, 3.8) is 0 Å². The first-order chi connectivity index (χ1) is 17.1. The van der Waals surface area contributed by atoms with Gasteiger partial charge in [-0.25, -0.2) is 17.8 Å². The number of benzene rings is 2. The zero-order chi connectivity index (χ0) is 25.6. The summed E-state index contributed by atoms with van der Waals surface area (Å²) in [5, 5.41) is 8.15. The lowest BCUT2D eigenvalue weighted by Crippen LogP contribution is -2.45. The van der Waals surface area contributed by atoms with Gasteiger partial charge in [-0.15, -0.1) is 10.2 Å².